The molecule has 1 aliphatic carbocycles. The van der Waals surface area contributed by atoms with Crippen molar-refractivity contribution >= 4 is 5.91 Å². The first-order chi connectivity index (χ1) is 11.5. The minimum atomic E-state index is 0.236. The van der Waals surface area contributed by atoms with Crippen LogP contribution in [0.15, 0.2) is 42.6 Å². The summed E-state index contributed by atoms with van der Waals surface area (Å²) in [7, 11) is 0. The standard InChI is InChI=1S/C21H28N2O/c1-16(2)23(21(24)19-9-5-10-19)15-20-11-6-12-22(20)14-18-8-4-7-17(3)13-18/h4,6-8,11-13,16,19H,5,9-10,14-15H2,1-3H3. The molecule has 1 saturated carbocycles. The van der Waals surface area contributed by atoms with Gasteiger partial charge in [-0.1, -0.05) is 36.2 Å². The average molecular weight is 324 g/mol. The molecule has 2 aromatic rings. The fourth-order valence-corrected chi connectivity index (χ4v) is 3.33. The first kappa shape index (κ1) is 16.8. The van der Waals surface area contributed by atoms with Crippen LogP contribution in [-0.2, 0) is 17.9 Å². The van der Waals surface area contributed by atoms with E-state index in [1.807, 2.05) is 4.90 Å². The maximum atomic E-state index is 12.7. The summed E-state index contributed by atoms with van der Waals surface area (Å²) >= 11 is 0. The Hall–Kier alpha value is -2.03. The van der Waals surface area contributed by atoms with Gasteiger partial charge in [0.25, 0.3) is 0 Å². The van der Waals surface area contributed by atoms with Gasteiger partial charge in [0.05, 0.1) is 6.54 Å². The van der Waals surface area contributed by atoms with E-state index in [1.54, 1.807) is 0 Å². The summed E-state index contributed by atoms with van der Waals surface area (Å²) in [5, 5.41) is 0. The number of benzene rings is 1. The molecular weight excluding hydrogens is 296 g/mol. The van der Waals surface area contributed by atoms with Gasteiger partial charge in [-0.05, 0) is 51.3 Å². The fraction of sp³-hybridized carbons (Fsp3) is 0.476. The number of hydrogen-bond donors (Lipinski definition) is 0. The molecule has 0 spiro atoms. The molecule has 1 aromatic heterocycles. The zero-order valence-corrected chi connectivity index (χ0v) is 15.0. The lowest BCUT2D eigenvalue weighted by Gasteiger charge is -2.34. The van der Waals surface area contributed by atoms with E-state index in [1.165, 1.54) is 23.2 Å². The Labute approximate surface area is 145 Å². The van der Waals surface area contributed by atoms with Gasteiger partial charge in [-0.2, -0.15) is 0 Å². The van der Waals surface area contributed by atoms with Gasteiger partial charge >= 0.3 is 0 Å². The largest absolute Gasteiger partial charge is 0.345 e. The number of hydrogen-bond acceptors (Lipinski definition) is 1. The van der Waals surface area contributed by atoms with Crippen molar-refractivity contribution in [2.75, 3.05) is 0 Å². The molecule has 24 heavy (non-hydrogen) atoms. The van der Waals surface area contributed by atoms with E-state index in [9.17, 15) is 4.79 Å². The monoisotopic (exact) mass is 324 g/mol. The Bertz CT molecular complexity index is 697. The predicted octanol–water partition coefficient (Wildman–Crippen LogP) is 4.38. The van der Waals surface area contributed by atoms with E-state index in [0.29, 0.717) is 12.5 Å². The van der Waals surface area contributed by atoms with E-state index in [4.69, 9.17) is 0 Å². The molecule has 0 aliphatic heterocycles. The number of aryl methyl sites for hydroxylation is 1. The smallest absolute Gasteiger partial charge is 0.226 e. The summed E-state index contributed by atoms with van der Waals surface area (Å²) in [5.74, 6) is 0.590. The maximum Gasteiger partial charge on any atom is 0.226 e. The van der Waals surface area contributed by atoms with Crippen LogP contribution >= 0.6 is 0 Å². The van der Waals surface area contributed by atoms with E-state index in [2.05, 4.69) is 67.9 Å². The maximum absolute atomic E-state index is 12.7. The van der Waals surface area contributed by atoms with Crippen LogP contribution in [0.25, 0.3) is 0 Å². The second-order valence-corrected chi connectivity index (χ2v) is 7.30. The summed E-state index contributed by atoms with van der Waals surface area (Å²) in [5.41, 5.74) is 3.79. The van der Waals surface area contributed by atoms with E-state index < -0.39 is 0 Å². The first-order valence-electron chi connectivity index (χ1n) is 9.04. The van der Waals surface area contributed by atoms with Gasteiger partial charge in [-0.3, -0.25) is 4.79 Å². The molecule has 0 N–H and O–H groups in total. The highest BCUT2D eigenvalue weighted by Gasteiger charge is 2.30. The van der Waals surface area contributed by atoms with Gasteiger partial charge in [-0.25, -0.2) is 0 Å². The Morgan fingerprint density at radius 1 is 1.25 bits per heavy atom. The lowest BCUT2D eigenvalue weighted by molar-refractivity contribution is -0.140. The van der Waals surface area contributed by atoms with Crippen LogP contribution in [0.2, 0.25) is 0 Å². The van der Waals surface area contributed by atoms with Crippen molar-refractivity contribution < 1.29 is 4.79 Å². The van der Waals surface area contributed by atoms with Crippen molar-refractivity contribution in [2.45, 2.75) is 59.2 Å². The van der Waals surface area contributed by atoms with Crippen LogP contribution in [0.1, 0.15) is 49.9 Å². The van der Waals surface area contributed by atoms with E-state index >= 15 is 0 Å². The van der Waals surface area contributed by atoms with Crippen LogP contribution in [0.5, 0.6) is 0 Å². The molecule has 1 fully saturated rings. The highest BCUT2D eigenvalue weighted by Crippen LogP contribution is 2.29. The Balaban J connectivity index is 1.74. The summed E-state index contributed by atoms with van der Waals surface area (Å²) < 4.78 is 2.26. The number of carbonyl (C=O) groups is 1. The number of rotatable bonds is 6. The quantitative estimate of drug-likeness (QED) is 0.774. The molecule has 3 heteroatoms. The van der Waals surface area contributed by atoms with E-state index in [0.717, 1.165) is 19.4 Å². The van der Waals surface area contributed by atoms with Gasteiger partial charge < -0.3 is 9.47 Å². The van der Waals surface area contributed by atoms with Crippen LogP contribution in [0.3, 0.4) is 0 Å². The van der Waals surface area contributed by atoms with Gasteiger partial charge in [0, 0.05) is 30.4 Å². The summed E-state index contributed by atoms with van der Waals surface area (Å²) in [4.78, 5) is 14.8. The highest BCUT2D eigenvalue weighted by molar-refractivity contribution is 5.79. The van der Waals surface area contributed by atoms with Crippen LogP contribution in [0.4, 0.5) is 0 Å². The Kier molecular flexibility index (Phi) is 5.08. The Morgan fingerprint density at radius 3 is 2.67 bits per heavy atom. The van der Waals surface area contributed by atoms with Crippen molar-refractivity contribution in [3.63, 3.8) is 0 Å². The second-order valence-electron chi connectivity index (χ2n) is 7.30. The number of aromatic nitrogens is 1. The van der Waals surface area contributed by atoms with Gasteiger partial charge in [0.15, 0.2) is 0 Å². The van der Waals surface area contributed by atoms with Crippen molar-refractivity contribution in [1.82, 2.24) is 9.47 Å². The summed E-state index contributed by atoms with van der Waals surface area (Å²) in [6, 6.07) is 13.1. The van der Waals surface area contributed by atoms with E-state index in [-0.39, 0.29) is 12.0 Å². The zero-order chi connectivity index (χ0) is 17.1. The third-order valence-electron chi connectivity index (χ3n) is 5.05. The van der Waals surface area contributed by atoms with Gasteiger partial charge in [-0.15, -0.1) is 0 Å². The van der Waals surface area contributed by atoms with Crippen LogP contribution in [-0.4, -0.2) is 21.4 Å². The third kappa shape index (κ3) is 3.72. The molecule has 128 valence electrons. The minimum absolute atomic E-state index is 0.236. The normalized spacial score (nSPS) is 14.7. The third-order valence-corrected chi connectivity index (χ3v) is 5.05. The summed E-state index contributed by atoms with van der Waals surface area (Å²) in [6.07, 6.45) is 5.44. The molecular formula is C21H28N2O. The van der Waals surface area contributed by atoms with Crippen molar-refractivity contribution in [3.8, 4) is 0 Å². The molecule has 1 amide bonds. The molecule has 3 rings (SSSR count). The van der Waals surface area contributed by atoms with Crippen molar-refractivity contribution in [2.24, 2.45) is 5.92 Å². The van der Waals surface area contributed by atoms with Crippen LogP contribution < -0.4 is 0 Å². The number of amides is 1. The first-order valence-corrected chi connectivity index (χ1v) is 9.04. The highest BCUT2D eigenvalue weighted by atomic mass is 16.2. The Morgan fingerprint density at radius 2 is 2.04 bits per heavy atom. The average Bonchev–Trinajstić information content (AvgIpc) is 2.89. The van der Waals surface area contributed by atoms with Crippen LogP contribution in [0, 0.1) is 12.8 Å². The molecule has 0 atom stereocenters. The van der Waals surface area contributed by atoms with Crippen molar-refractivity contribution in [1.29, 1.82) is 0 Å². The molecule has 0 unspecified atom stereocenters. The van der Waals surface area contributed by atoms with Crippen molar-refractivity contribution in [3.05, 3.63) is 59.4 Å². The molecule has 3 nitrogen and oxygen atoms in total. The molecule has 1 aliphatic rings. The summed E-state index contributed by atoms with van der Waals surface area (Å²) in [6.45, 7) is 7.91. The number of carbonyl (C=O) groups excluding carboxylic acids is 1. The predicted molar refractivity (Wildman–Crippen MR) is 97.7 cm³/mol. The fourth-order valence-electron chi connectivity index (χ4n) is 3.33. The second kappa shape index (κ2) is 7.25. The zero-order valence-electron chi connectivity index (χ0n) is 15.0. The molecule has 0 bridgehead atoms. The lowest BCUT2D eigenvalue weighted by atomic mass is 9.84. The molecule has 0 saturated heterocycles. The van der Waals surface area contributed by atoms with Gasteiger partial charge in [0.2, 0.25) is 5.91 Å². The molecule has 0 radical (unpaired) electrons. The number of nitrogens with zero attached hydrogens (tertiary/aromatic N) is 2. The SMILES string of the molecule is Cc1cccc(Cn2cccc2CN(C(=O)C2CCC2)C(C)C)c1. The molecule has 1 heterocycles. The van der Waals surface area contributed by atoms with Gasteiger partial charge in [0.1, 0.15) is 0 Å². The molecule has 1 aromatic carbocycles. The topological polar surface area (TPSA) is 25.2 Å². The minimum Gasteiger partial charge on any atom is -0.345 e. The lowest BCUT2D eigenvalue weighted by Crippen LogP contribution is -2.42.